The van der Waals surface area contributed by atoms with Crippen LogP contribution in [-0.2, 0) is 0 Å². The van der Waals surface area contributed by atoms with Crippen molar-refractivity contribution >= 4 is 21.6 Å². The third-order valence-corrected chi connectivity index (χ3v) is 5.66. The van der Waals surface area contributed by atoms with Gasteiger partial charge in [0, 0.05) is 18.1 Å². The lowest BCUT2D eigenvalue weighted by Gasteiger charge is -2.15. The maximum absolute atomic E-state index is 2.49. The normalized spacial score (nSPS) is 11.3. The topological polar surface area (TPSA) is 3.24 Å². The second-order valence-corrected chi connectivity index (χ2v) is 7.77. The van der Waals surface area contributed by atoms with Gasteiger partial charge in [0.25, 0.3) is 0 Å². The van der Waals surface area contributed by atoms with E-state index >= 15 is 0 Å². The van der Waals surface area contributed by atoms with Crippen molar-refractivity contribution in [3.05, 3.63) is 0 Å². The Bertz CT molecular complexity index is 153. The summed E-state index contributed by atoms with van der Waals surface area (Å²) in [5, 5.41) is 0. The summed E-state index contributed by atoms with van der Waals surface area (Å²) in [4.78, 5) is 2.49. The molecule has 0 aromatic heterocycles. The second-order valence-electron chi connectivity index (χ2n) is 5.07. The number of rotatable bonds is 14. The van der Waals surface area contributed by atoms with Gasteiger partial charge in [-0.1, -0.05) is 74.0 Å². The Labute approximate surface area is 123 Å². The predicted octanol–water partition coefficient (Wildman–Crippen LogP) is 5.46. The summed E-state index contributed by atoms with van der Waals surface area (Å²) in [7, 11) is 6.32. The monoisotopic (exact) mass is 291 g/mol. The van der Waals surface area contributed by atoms with E-state index in [-0.39, 0.29) is 0 Å². The molecule has 1 nitrogen and oxygen atoms in total. The van der Waals surface area contributed by atoms with Crippen LogP contribution in [0, 0.1) is 0 Å². The van der Waals surface area contributed by atoms with Crippen LogP contribution in [0.5, 0.6) is 0 Å². The number of hydrogen-bond donors (Lipinski definition) is 0. The van der Waals surface area contributed by atoms with E-state index < -0.39 is 0 Å². The first-order chi connectivity index (χ1) is 8.81. The fourth-order valence-electron chi connectivity index (χ4n) is 1.84. The smallest absolute Gasteiger partial charge is 0.0165 e. The van der Waals surface area contributed by atoms with Gasteiger partial charge in [-0.05, 0) is 26.4 Å². The van der Waals surface area contributed by atoms with Gasteiger partial charge >= 0.3 is 0 Å². The lowest BCUT2D eigenvalue weighted by atomic mass is 10.1. The average Bonchev–Trinajstić information content (AvgIpc) is 2.37. The Balaban J connectivity index is 3.09. The first kappa shape index (κ1) is 18.7. The molecule has 0 bridgehead atoms. The van der Waals surface area contributed by atoms with Crippen molar-refractivity contribution in [2.45, 2.75) is 65.2 Å². The molecule has 18 heavy (non-hydrogen) atoms. The van der Waals surface area contributed by atoms with Gasteiger partial charge in [-0.2, -0.15) is 0 Å². The summed E-state index contributed by atoms with van der Waals surface area (Å²) < 4.78 is 0. The van der Waals surface area contributed by atoms with Crippen LogP contribution in [0.25, 0.3) is 0 Å². The molecule has 0 fully saturated rings. The molecule has 3 heteroatoms. The lowest BCUT2D eigenvalue weighted by molar-refractivity contribution is 0.343. The molecule has 0 aliphatic rings. The molecule has 0 aliphatic heterocycles. The third kappa shape index (κ3) is 14.7. The van der Waals surface area contributed by atoms with Crippen LogP contribution in [0.15, 0.2) is 0 Å². The Kier molecular flexibility index (Phi) is 16.3. The van der Waals surface area contributed by atoms with Crippen molar-refractivity contribution < 1.29 is 0 Å². The van der Waals surface area contributed by atoms with E-state index in [2.05, 4.69) is 25.8 Å². The molecule has 0 saturated carbocycles. The second kappa shape index (κ2) is 15.7. The highest BCUT2D eigenvalue weighted by Crippen LogP contribution is 2.21. The minimum Gasteiger partial charge on any atom is -0.306 e. The van der Waals surface area contributed by atoms with Crippen LogP contribution < -0.4 is 0 Å². The van der Waals surface area contributed by atoms with Crippen LogP contribution in [0.2, 0.25) is 0 Å². The zero-order valence-electron chi connectivity index (χ0n) is 12.7. The van der Waals surface area contributed by atoms with Crippen molar-refractivity contribution in [1.82, 2.24) is 4.90 Å². The van der Waals surface area contributed by atoms with Crippen LogP contribution in [0.4, 0.5) is 0 Å². The molecule has 0 saturated heterocycles. The average molecular weight is 292 g/mol. The highest BCUT2D eigenvalue weighted by molar-refractivity contribution is 8.76. The van der Waals surface area contributed by atoms with Gasteiger partial charge in [0.15, 0.2) is 0 Å². The molecule has 0 spiro atoms. The van der Waals surface area contributed by atoms with E-state index in [1.165, 1.54) is 76.0 Å². The molecule has 0 heterocycles. The maximum Gasteiger partial charge on any atom is 0.0165 e. The minimum atomic E-state index is 1.25. The van der Waals surface area contributed by atoms with Crippen molar-refractivity contribution in [3.63, 3.8) is 0 Å². The molecule has 0 aromatic carbocycles. The molecule has 0 unspecified atom stereocenters. The number of nitrogens with zero attached hydrogens (tertiary/aromatic N) is 1. The molecule has 0 atom stereocenters. The summed E-state index contributed by atoms with van der Waals surface area (Å²) in [5.74, 6) is 2.57. The summed E-state index contributed by atoms with van der Waals surface area (Å²) in [6, 6.07) is 0. The molecule has 0 N–H and O–H groups in total. The van der Waals surface area contributed by atoms with Gasteiger partial charge in [0.1, 0.15) is 0 Å². The highest BCUT2D eigenvalue weighted by Gasteiger charge is 1.98. The predicted molar refractivity (Wildman–Crippen MR) is 90.7 cm³/mol. The van der Waals surface area contributed by atoms with Gasteiger partial charge in [0.05, 0.1) is 0 Å². The minimum absolute atomic E-state index is 1.25. The van der Waals surface area contributed by atoms with Crippen molar-refractivity contribution in [1.29, 1.82) is 0 Å². The third-order valence-electron chi connectivity index (χ3n) is 3.07. The molecule has 0 amide bonds. The number of unbranched alkanes of at least 4 members (excludes halogenated alkanes) is 6. The van der Waals surface area contributed by atoms with Crippen LogP contribution in [-0.4, -0.2) is 36.5 Å². The Hall–Kier alpha value is 0.660. The van der Waals surface area contributed by atoms with Crippen LogP contribution in [0.3, 0.4) is 0 Å². The molecular formula is C15H33NS2. The van der Waals surface area contributed by atoms with E-state index in [4.69, 9.17) is 0 Å². The largest absolute Gasteiger partial charge is 0.306 e. The zero-order valence-corrected chi connectivity index (χ0v) is 14.4. The molecular weight excluding hydrogens is 258 g/mol. The standard InChI is InChI=1S/C15H33NS2/c1-4-6-7-8-9-10-11-12-16(3)13-15-18-17-14-5-2/h4-15H2,1-3H3. The molecule has 0 aliphatic carbocycles. The molecule has 0 radical (unpaired) electrons. The van der Waals surface area contributed by atoms with Crippen molar-refractivity contribution in [2.75, 3.05) is 31.6 Å². The molecule has 0 aromatic rings. The van der Waals surface area contributed by atoms with E-state index in [1.807, 2.05) is 21.6 Å². The first-order valence-electron chi connectivity index (χ1n) is 7.74. The Morgan fingerprint density at radius 1 is 0.667 bits per heavy atom. The summed E-state index contributed by atoms with van der Waals surface area (Å²) in [6.45, 7) is 7.07. The SMILES string of the molecule is CCCCCCCCCN(C)CCSSCCC. The van der Waals surface area contributed by atoms with Gasteiger partial charge < -0.3 is 4.90 Å². The van der Waals surface area contributed by atoms with E-state index in [9.17, 15) is 0 Å². The highest BCUT2D eigenvalue weighted by atomic mass is 33.1. The quantitative estimate of drug-likeness (QED) is 0.309. The molecule has 0 rings (SSSR count). The van der Waals surface area contributed by atoms with Gasteiger partial charge in [-0.25, -0.2) is 0 Å². The summed E-state index contributed by atoms with van der Waals surface area (Å²) in [5.41, 5.74) is 0. The van der Waals surface area contributed by atoms with Crippen LogP contribution in [0.1, 0.15) is 65.2 Å². The van der Waals surface area contributed by atoms with Crippen LogP contribution >= 0.6 is 21.6 Å². The number of hydrogen-bond acceptors (Lipinski definition) is 3. The lowest BCUT2D eigenvalue weighted by Crippen LogP contribution is -2.22. The fourth-order valence-corrected chi connectivity index (χ4v) is 4.06. The first-order valence-corrected chi connectivity index (χ1v) is 10.2. The fraction of sp³-hybridized carbons (Fsp3) is 1.00. The molecule has 110 valence electrons. The van der Waals surface area contributed by atoms with Gasteiger partial charge in [0.2, 0.25) is 0 Å². The van der Waals surface area contributed by atoms with Gasteiger partial charge in [-0.15, -0.1) is 0 Å². The maximum atomic E-state index is 2.49. The van der Waals surface area contributed by atoms with Crippen molar-refractivity contribution in [3.8, 4) is 0 Å². The van der Waals surface area contributed by atoms with E-state index in [0.29, 0.717) is 0 Å². The Morgan fingerprint density at radius 3 is 1.94 bits per heavy atom. The summed E-state index contributed by atoms with van der Waals surface area (Å²) in [6.07, 6.45) is 11.2. The van der Waals surface area contributed by atoms with Crippen molar-refractivity contribution in [2.24, 2.45) is 0 Å². The van der Waals surface area contributed by atoms with Gasteiger partial charge in [-0.3, -0.25) is 0 Å². The van der Waals surface area contributed by atoms with E-state index in [1.54, 1.807) is 0 Å². The summed E-state index contributed by atoms with van der Waals surface area (Å²) >= 11 is 0. The Morgan fingerprint density at radius 2 is 1.28 bits per heavy atom. The zero-order chi connectivity index (χ0) is 13.5. The van der Waals surface area contributed by atoms with E-state index in [0.717, 1.165) is 0 Å².